The number of aliphatic hydroxyl groups excluding tert-OH is 5. The molecule has 1 aliphatic rings. The van der Waals surface area contributed by atoms with E-state index in [0.29, 0.717) is 12.8 Å². The zero-order chi connectivity index (χ0) is 43.6. The van der Waals surface area contributed by atoms with Crippen molar-refractivity contribution in [1.29, 1.82) is 0 Å². The van der Waals surface area contributed by atoms with Crippen molar-refractivity contribution in [1.82, 2.24) is 0 Å². The molecule has 0 heterocycles. The van der Waals surface area contributed by atoms with Gasteiger partial charge in [0.1, 0.15) is 43.2 Å². The van der Waals surface area contributed by atoms with Gasteiger partial charge >= 0.3 is 19.8 Å². The van der Waals surface area contributed by atoms with E-state index in [1.807, 2.05) is 0 Å². The minimum absolute atomic E-state index is 0.0536. The molecule has 8 atom stereocenters. The molecule has 1 fully saturated rings. The lowest BCUT2D eigenvalue weighted by atomic mass is 9.85. The van der Waals surface area contributed by atoms with E-state index < -0.39 is 75.7 Å². The second-order valence-electron chi connectivity index (χ2n) is 15.2. The van der Waals surface area contributed by atoms with Gasteiger partial charge in [0.15, 0.2) is 6.10 Å². The number of phosphoric acid groups is 1. The Morgan fingerprint density at radius 3 is 1.47 bits per heavy atom. The lowest BCUT2D eigenvalue weighted by Crippen LogP contribution is -2.64. The van der Waals surface area contributed by atoms with Crippen LogP contribution in [0.3, 0.4) is 0 Å². The van der Waals surface area contributed by atoms with Gasteiger partial charge in [-0.1, -0.05) is 126 Å². The minimum atomic E-state index is -5.13. The van der Waals surface area contributed by atoms with E-state index in [1.54, 1.807) is 0 Å². The van der Waals surface area contributed by atoms with E-state index in [-0.39, 0.29) is 12.8 Å². The standard InChI is InChI=1S/C45H77O13P/c1-3-5-7-9-11-13-15-17-18-19-20-22-24-26-28-30-32-34-39(47)57-37(36-56-59(53,54)58-45-43(51)41(49)40(48)42(50)44(45)52)35-55-38(46)33-31-29-27-25-23-21-16-14-12-10-8-6-4-2/h7,9,13,15,18-19,21-24,37,40-45,48-52H,3-6,8,10-12,14,16-17,20,25-36H2,1-2H3,(H,53,54)/b9-7+,15-13+,19-18+,23-21+,24-22+/t37-,40?,41+,42?,43?,44?,45?/m1/s1. The fraction of sp³-hybridized carbons (Fsp3) is 0.733. The van der Waals surface area contributed by atoms with Crippen LogP contribution in [0.2, 0.25) is 0 Å². The van der Waals surface area contributed by atoms with Gasteiger partial charge in [-0.3, -0.25) is 18.6 Å². The van der Waals surface area contributed by atoms with Crippen LogP contribution in [-0.2, 0) is 32.7 Å². The molecule has 13 nitrogen and oxygen atoms in total. The Labute approximate surface area is 353 Å². The van der Waals surface area contributed by atoms with Crippen molar-refractivity contribution in [3.05, 3.63) is 60.8 Å². The molecule has 0 aromatic heterocycles. The highest BCUT2D eigenvalue weighted by Crippen LogP contribution is 2.47. The van der Waals surface area contributed by atoms with E-state index >= 15 is 0 Å². The quantitative estimate of drug-likeness (QED) is 0.0154. The predicted molar refractivity (Wildman–Crippen MR) is 230 cm³/mol. The maximum absolute atomic E-state index is 12.8. The molecule has 0 bridgehead atoms. The zero-order valence-corrected chi connectivity index (χ0v) is 36.7. The summed E-state index contributed by atoms with van der Waals surface area (Å²) in [6.45, 7) is 3.16. The molecule has 59 heavy (non-hydrogen) atoms. The first-order valence-corrected chi connectivity index (χ1v) is 23.6. The molecule has 0 spiro atoms. The summed E-state index contributed by atoms with van der Waals surface area (Å²) >= 11 is 0. The summed E-state index contributed by atoms with van der Waals surface area (Å²) in [6, 6.07) is 0. The third-order valence-corrected chi connectivity index (χ3v) is 10.8. The van der Waals surface area contributed by atoms with Crippen LogP contribution in [0, 0.1) is 0 Å². The van der Waals surface area contributed by atoms with Crippen molar-refractivity contribution in [2.75, 3.05) is 13.2 Å². The molecule has 6 unspecified atom stereocenters. The SMILES string of the molecule is CCC/C=C/C/C=C/C/C=C/C/C=C/CCCCCC(=O)O[C@H](COC(=O)CCCCC/C=C/CCCCCCCC)COP(=O)(O)OC1C(O)C(O)C(O)[C@H](O)C1O. The van der Waals surface area contributed by atoms with Crippen molar-refractivity contribution in [3.8, 4) is 0 Å². The number of carbonyl (C=O) groups excluding carboxylic acids is 2. The molecular weight excluding hydrogens is 779 g/mol. The minimum Gasteiger partial charge on any atom is -0.462 e. The van der Waals surface area contributed by atoms with Crippen LogP contribution in [0.1, 0.15) is 155 Å². The van der Waals surface area contributed by atoms with Crippen LogP contribution in [-0.4, -0.2) is 98.3 Å². The fourth-order valence-electron chi connectivity index (χ4n) is 6.21. The number of aliphatic hydroxyl groups is 5. The second-order valence-corrected chi connectivity index (χ2v) is 16.6. The van der Waals surface area contributed by atoms with Crippen molar-refractivity contribution < 1.29 is 63.1 Å². The van der Waals surface area contributed by atoms with Crippen molar-refractivity contribution in [2.24, 2.45) is 0 Å². The van der Waals surface area contributed by atoms with Gasteiger partial charge in [-0.25, -0.2) is 4.57 Å². The number of unbranched alkanes of at least 4 members (excludes halogenated alkanes) is 13. The number of carbonyl (C=O) groups is 2. The molecule has 1 aliphatic carbocycles. The Morgan fingerprint density at radius 1 is 0.525 bits per heavy atom. The van der Waals surface area contributed by atoms with Crippen LogP contribution in [0.5, 0.6) is 0 Å². The highest BCUT2D eigenvalue weighted by Gasteiger charge is 2.51. The van der Waals surface area contributed by atoms with Crippen LogP contribution in [0.4, 0.5) is 0 Å². The molecule has 0 amide bonds. The molecular formula is C45H77O13P. The van der Waals surface area contributed by atoms with Crippen molar-refractivity contribution in [3.63, 3.8) is 0 Å². The first-order chi connectivity index (χ1) is 28.4. The summed E-state index contributed by atoms with van der Waals surface area (Å²) in [5.74, 6) is -1.16. The van der Waals surface area contributed by atoms with Crippen LogP contribution < -0.4 is 0 Å². The molecule has 14 heteroatoms. The van der Waals surface area contributed by atoms with Crippen molar-refractivity contribution >= 4 is 19.8 Å². The number of hydrogen-bond donors (Lipinski definition) is 6. The number of phosphoric ester groups is 1. The number of hydrogen-bond acceptors (Lipinski definition) is 12. The highest BCUT2D eigenvalue weighted by atomic mass is 31.2. The summed E-state index contributed by atoms with van der Waals surface area (Å²) in [6.07, 6.45) is 28.5. The Kier molecular flexibility index (Phi) is 32.5. The van der Waals surface area contributed by atoms with Crippen LogP contribution >= 0.6 is 7.82 Å². The molecule has 0 aliphatic heterocycles. The van der Waals surface area contributed by atoms with E-state index in [1.165, 1.54) is 44.9 Å². The summed E-state index contributed by atoms with van der Waals surface area (Å²) < 4.78 is 33.4. The molecule has 0 radical (unpaired) electrons. The molecule has 1 saturated carbocycles. The van der Waals surface area contributed by atoms with Crippen molar-refractivity contribution in [2.45, 2.75) is 198 Å². The lowest BCUT2D eigenvalue weighted by Gasteiger charge is -2.41. The molecule has 0 saturated heterocycles. The Morgan fingerprint density at radius 2 is 0.949 bits per heavy atom. The van der Waals surface area contributed by atoms with E-state index in [9.17, 15) is 44.6 Å². The van der Waals surface area contributed by atoms with Gasteiger partial charge in [0, 0.05) is 12.8 Å². The summed E-state index contributed by atoms with van der Waals surface area (Å²) in [5.41, 5.74) is 0. The highest BCUT2D eigenvalue weighted by molar-refractivity contribution is 7.47. The zero-order valence-electron chi connectivity index (χ0n) is 35.8. The molecule has 0 aromatic rings. The van der Waals surface area contributed by atoms with Crippen LogP contribution in [0.15, 0.2) is 60.8 Å². The lowest BCUT2D eigenvalue weighted by molar-refractivity contribution is -0.220. The maximum atomic E-state index is 12.8. The summed E-state index contributed by atoms with van der Waals surface area (Å²) in [5, 5.41) is 50.1. The number of ether oxygens (including phenoxy) is 2. The Hall–Kier alpha value is -2.45. The molecule has 340 valence electrons. The van der Waals surface area contributed by atoms with Gasteiger partial charge in [-0.2, -0.15) is 0 Å². The van der Waals surface area contributed by atoms with E-state index in [0.717, 1.165) is 70.6 Å². The van der Waals surface area contributed by atoms with Crippen LogP contribution in [0.25, 0.3) is 0 Å². The molecule has 6 N–H and O–H groups in total. The van der Waals surface area contributed by atoms with Gasteiger partial charge in [0.25, 0.3) is 0 Å². The maximum Gasteiger partial charge on any atom is 0.472 e. The van der Waals surface area contributed by atoms with E-state index in [4.69, 9.17) is 18.5 Å². The van der Waals surface area contributed by atoms with Gasteiger partial charge in [-0.05, 0) is 77.0 Å². The Balaban J connectivity index is 2.53. The average molecular weight is 857 g/mol. The monoisotopic (exact) mass is 857 g/mol. The number of esters is 2. The van der Waals surface area contributed by atoms with Gasteiger partial charge < -0.3 is 39.9 Å². The van der Waals surface area contributed by atoms with Gasteiger partial charge in [0.05, 0.1) is 6.61 Å². The third-order valence-electron chi connectivity index (χ3n) is 9.81. The average Bonchev–Trinajstić information content (AvgIpc) is 3.21. The topological polar surface area (TPSA) is 210 Å². The van der Waals surface area contributed by atoms with Gasteiger partial charge in [0.2, 0.25) is 0 Å². The predicted octanol–water partition coefficient (Wildman–Crippen LogP) is 8.16. The van der Waals surface area contributed by atoms with E-state index in [2.05, 4.69) is 74.6 Å². The number of rotatable bonds is 35. The smallest absolute Gasteiger partial charge is 0.462 e. The Bertz CT molecular complexity index is 1270. The van der Waals surface area contributed by atoms with Gasteiger partial charge in [-0.15, -0.1) is 0 Å². The number of allylic oxidation sites excluding steroid dienone is 10. The normalized spacial score (nSPS) is 22.9. The fourth-order valence-corrected chi connectivity index (χ4v) is 7.18. The second kappa shape index (κ2) is 35.2. The first-order valence-electron chi connectivity index (χ1n) is 22.1. The first kappa shape index (κ1) is 54.6. The molecule has 0 aromatic carbocycles. The summed E-state index contributed by atoms with van der Waals surface area (Å²) in [7, 11) is -5.13. The third kappa shape index (κ3) is 27.9. The summed E-state index contributed by atoms with van der Waals surface area (Å²) in [4.78, 5) is 35.6. The largest absolute Gasteiger partial charge is 0.472 e. The molecule has 1 rings (SSSR count).